The normalized spacial score (nSPS) is 26.8. The Bertz CT molecular complexity index is 202. The summed E-state index contributed by atoms with van der Waals surface area (Å²) in [4.78, 5) is 0. The zero-order chi connectivity index (χ0) is 8.32. The summed E-state index contributed by atoms with van der Waals surface area (Å²) in [6, 6.07) is 0. The Morgan fingerprint density at radius 2 is 2.18 bits per heavy atom. The second kappa shape index (κ2) is 3.54. The van der Waals surface area contributed by atoms with Crippen LogP contribution in [0.2, 0.25) is 0 Å². The molecular weight excluding hydrogens is 164 g/mol. The Morgan fingerprint density at radius 3 is 2.64 bits per heavy atom. The van der Waals surface area contributed by atoms with E-state index >= 15 is 0 Å². The minimum Gasteiger partial charge on any atom is -0.377 e. The van der Waals surface area contributed by atoms with Gasteiger partial charge in [0.05, 0.1) is 11.9 Å². The largest absolute Gasteiger partial charge is 0.377 e. The van der Waals surface area contributed by atoms with Gasteiger partial charge in [-0.2, -0.15) is 0 Å². The fraction of sp³-hybridized carbons (Fsp3) is 1.00. The van der Waals surface area contributed by atoms with E-state index < -0.39 is 9.84 Å². The molecule has 1 atom stereocenters. The van der Waals surface area contributed by atoms with Crippen LogP contribution < -0.4 is 0 Å². The van der Waals surface area contributed by atoms with Gasteiger partial charge in [-0.05, 0) is 19.3 Å². The van der Waals surface area contributed by atoms with Gasteiger partial charge in [-0.3, -0.25) is 0 Å². The zero-order valence-corrected chi connectivity index (χ0v) is 7.56. The van der Waals surface area contributed by atoms with E-state index in [1.165, 1.54) is 6.26 Å². The number of ether oxygens (including phenoxy) is 1. The molecule has 1 fully saturated rings. The second-order valence-corrected chi connectivity index (χ2v) is 5.27. The van der Waals surface area contributed by atoms with Crippen molar-refractivity contribution in [3.63, 3.8) is 0 Å². The van der Waals surface area contributed by atoms with E-state index in [1.807, 2.05) is 0 Å². The third-order valence-electron chi connectivity index (χ3n) is 1.76. The number of sulfone groups is 1. The molecule has 4 heteroatoms. The fourth-order valence-electron chi connectivity index (χ4n) is 1.28. The number of rotatable bonds is 2. The first-order valence-corrected chi connectivity index (χ1v) is 5.93. The lowest BCUT2D eigenvalue weighted by Crippen LogP contribution is -2.26. The van der Waals surface area contributed by atoms with E-state index in [0.29, 0.717) is 0 Å². The molecule has 1 heterocycles. The molecule has 1 aliphatic rings. The summed E-state index contributed by atoms with van der Waals surface area (Å²) in [6.45, 7) is 0.722. The molecule has 0 amide bonds. The monoisotopic (exact) mass is 178 g/mol. The predicted octanol–water partition coefficient (Wildman–Crippen LogP) is 0.600. The molecule has 0 aromatic carbocycles. The minimum atomic E-state index is -2.85. The SMILES string of the molecule is CS(=O)(=O)CC1CCCCO1. The van der Waals surface area contributed by atoms with Gasteiger partial charge in [-0.15, -0.1) is 0 Å². The van der Waals surface area contributed by atoms with Gasteiger partial charge in [0.15, 0.2) is 0 Å². The van der Waals surface area contributed by atoms with Crippen molar-refractivity contribution in [2.24, 2.45) is 0 Å². The summed E-state index contributed by atoms with van der Waals surface area (Å²) in [5.74, 6) is 0.188. The first-order valence-electron chi connectivity index (χ1n) is 3.87. The van der Waals surface area contributed by atoms with Crippen molar-refractivity contribution in [3.8, 4) is 0 Å². The maximum absolute atomic E-state index is 10.8. The first-order chi connectivity index (χ1) is 5.08. The van der Waals surface area contributed by atoms with Crippen LogP contribution in [0.1, 0.15) is 19.3 Å². The smallest absolute Gasteiger partial charge is 0.149 e. The zero-order valence-electron chi connectivity index (χ0n) is 6.75. The fourth-order valence-corrected chi connectivity index (χ4v) is 2.21. The Hall–Kier alpha value is -0.0900. The van der Waals surface area contributed by atoms with Crippen LogP contribution >= 0.6 is 0 Å². The van der Waals surface area contributed by atoms with Crippen LogP contribution in [0.15, 0.2) is 0 Å². The Labute approximate surface area is 67.7 Å². The van der Waals surface area contributed by atoms with Gasteiger partial charge < -0.3 is 4.74 Å². The van der Waals surface area contributed by atoms with Gasteiger partial charge >= 0.3 is 0 Å². The highest BCUT2D eigenvalue weighted by Gasteiger charge is 2.18. The third-order valence-corrected chi connectivity index (χ3v) is 2.74. The molecule has 0 spiro atoms. The molecule has 11 heavy (non-hydrogen) atoms. The molecule has 0 saturated carbocycles. The van der Waals surface area contributed by atoms with Crippen LogP contribution in [-0.4, -0.2) is 33.1 Å². The lowest BCUT2D eigenvalue weighted by atomic mass is 10.1. The van der Waals surface area contributed by atoms with Gasteiger partial charge in [0, 0.05) is 12.9 Å². The lowest BCUT2D eigenvalue weighted by molar-refractivity contribution is 0.0306. The van der Waals surface area contributed by atoms with Gasteiger partial charge in [-0.25, -0.2) is 8.42 Å². The molecule has 0 radical (unpaired) electrons. The Morgan fingerprint density at radius 1 is 1.45 bits per heavy atom. The summed E-state index contributed by atoms with van der Waals surface area (Å²) in [5, 5.41) is 0. The van der Waals surface area contributed by atoms with E-state index in [2.05, 4.69) is 0 Å². The van der Waals surface area contributed by atoms with E-state index in [4.69, 9.17) is 4.74 Å². The Kier molecular flexibility index (Phi) is 2.90. The standard InChI is InChI=1S/C7H14O3S/c1-11(8,9)6-7-4-2-3-5-10-7/h7H,2-6H2,1H3. The van der Waals surface area contributed by atoms with E-state index in [0.717, 1.165) is 25.9 Å². The molecule has 0 N–H and O–H groups in total. The van der Waals surface area contributed by atoms with Crippen molar-refractivity contribution in [3.05, 3.63) is 0 Å². The van der Waals surface area contributed by atoms with Crippen molar-refractivity contribution in [1.82, 2.24) is 0 Å². The first kappa shape index (κ1) is 9.00. The van der Waals surface area contributed by atoms with Gasteiger partial charge in [0.2, 0.25) is 0 Å². The van der Waals surface area contributed by atoms with Crippen LogP contribution in [0.3, 0.4) is 0 Å². The highest BCUT2D eigenvalue weighted by molar-refractivity contribution is 7.90. The van der Waals surface area contributed by atoms with Crippen LogP contribution in [0.4, 0.5) is 0 Å². The molecule has 66 valence electrons. The average Bonchev–Trinajstić information content (AvgIpc) is 1.85. The summed E-state index contributed by atoms with van der Waals surface area (Å²) in [6.07, 6.45) is 4.28. The van der Waals surface area contributed by atoms with Crippen molar-refractivity contribution >= 4 is 9.84 Å². The van der Waals surface area contributed by atoms with Gasteiger partial charge in [0.25, 0.3) is 0 Å². The Balaban J connectivity index is 2.36. The third kappa shape index (κ3) is 3.72. The molecule has 1 unspecified atom stereocenters. The quantitative estimate of drug-likeness (QED) is 0.622. The summed E-state index contributed by atoms with van der Waals surface area (Å²) >= 11 is 0. The summed E-state index contributed by atoms with van der Waals surface area (Å²) < 4.78 is 26.9. The summed E-state index contributed by atoms with van der Waals surface area (Å²) in [7, 11) is -2.85. The predicted molar refractivity (Wildman–Crippen MR) is 43.3 cm³/mol. The summed E-state index contributed by atoms with van der Waals surface area (Å²) in [5.41, 5.74) is 0. The second-order valence-electron chi connectivity index (χ2n) is 3.08. The van der Waals surface area contributed by atoms with Gasteiger partial charge in [-0.1, -0.05) is 0 Å². The van der Waals surface area contributed by atoms with Crippen LogP contribution in [0.25, 0.3) is 0 Å². The molecule has 1 aliphatic heterocycles. The van der Waals surface area contributed by atoms with E-state index in [9.17, 15) is 8.42 Å². The highest BCUT2D eigenvalue weighted by atomic mass is 32.2. The molecule has 1 rings (SSSR count). The van der Waals surface area contributed by atoms with Gasteiger partial charge in [0.1, 0.15) is 9.84 Å². The van der Waals surface area contributed by atoms with E-state index in [1.54, 1.807) is 0 Å². The average molecular weight is 178 g/mol. The van der Waals surface area contributed by atoms with Crippen molar-refractivity contribution < 1.29 is 13.2 Å². The molecule has 0 aromatic heterocycles. The molecule has 1 saturated heterocycles. The van der Waals surface area contributed by atoms with Crippen LogP contribution in [-0.2, 0) is 14.6 Å². The highest BCUT2D eigenvalue weighted by Crippen LogP contribution is 2.13. The maximum Gasteiger partial charge on any atom is 0.149 e. The van der Waals surface area contributed by atoms with Crippen LogP contribution in [0.5, 0.6) is 0 Å². The maximum atomic E-state index is 10.8. The number of hydrogen-bond acceptors (Lipinski definition) is 3. The lowest BCUT2D eigenvalue weighted by Gasteiger charge is -2.21. The molecule has 0 aromatic rings. The number of hydrogen-bond donors (Lipinski definition) is 0. The van der Waals surface area contributed by atoms with Crippen molar-refractivity contribution in [1.29, 1.82) is 0 Å². The molecule has 3 nitrogen and oxygen atoms in total. The molecule has 0 bridgehead atoms. The van der Waals surface area contributed by atoms with Crippen molar-refractivity contribution in [2.75, 3.05) is 18.6 Å². The van der Waals surface area contributed by atoms with Crippen LogP contribution in [0, 0.1) is 0 Å². The molecular formula is C7H14O3S. The van der Waals surface area contributed by atoms with Crippen molar-refractivity contribution in [2.45, 2.75) is 25.4 Å². The minimum absolute atomic E-state index is 0.0428. The molecule has 0 aliphatic carbocycles. The topological polar surface area (TPSA) is 43.4 Å². The van der Waals surface area contributed by atoms with E-state index in [-0.39, 0.29) is 11.9 Å².